The minimum absolute atomic E-state index is 0.172. The molecule has 16 heavy (non-hydrogen) atoms. The maximum atomic E-state index is 13.3. The molecule has 6 heteroatoms. The molecule has 1 heterocycles. The number of aromatic hydroxyl groups is 1. The van der Waals surface area contributed by atoms with Gasteiger partial charge in [-0.15, -0.1) is 0 Å². The molecule has 84 valence electrons. The number of hydrogen-bond acceptors (Lipinski definition) is 5. The van der Waals surface area contributed by atoms with Crippen molar-refractivity contribution in [1.82, 2.24) is 0 Å². The van der Waals surface area contributed by atoms with E-state index in [1.165, 1.54) is 0 Å². The van der Waals surface area contributed by atoms with Crippen LogP contribution in [0.3, 0.4) is 0 Å². The van der Waals surface area contributed by atoms with Crippen LogP contribution in [0.25, 0.3) is 0 Å². The van der Waals surface area contributed by atoms with Crippen molar-refractivity contribution in [2.45, 2.75) is 12.8 Å². The molecule has 0 amide bonds. The number of esters is 2. The molecule has 0 spiro atoms. The normalized spacial score (nSPS) is 15.6. The van der Waals surface area contributed by atoms with E-state index in [4.69, 9.17) is 4.74 Å². The summed E-state index contributed by atoms with van der Waals surface area (Å²) in [6.07, 6.45) is -0.360. The number of carbonyl (C=O) groups is 2. The van der Waals surface area contributed by atoms with Crippen molar-refractivity contribution in [2.75, 3.05) is 0 Å². The average molecular weight is 226 g/mol. The lowest BCUT2D eigenvalue weighted by Gasteiger charge is -2.14. The number of carbonyl (C=O) groups excluding carboxylic acids is 2. The van der Waals surface area contributed by atoms with Gasteiger partial charge in [0.05, 0.1) is 12.8 Å². The van der Waals surface area contributed by atoms with Crippen LogP contribution < -0.4 is 9.47 Å². The molecule has 1 aliphatic heterocycles. The standard InChI is InChI=1S/C10H7FO5/c11-5-1-2-6(12)10-9(5)15-7(13)3-4-8(14)16-10/h1-2,12H,3-4H2. The van der Waals surface area contributed by atoms with E-state index in [0.717, 1.165) is 12.1 Å². The smallest absolute Gasteiger partial charge is 0.312 e. The Labute approximate surface area is 89.4 Å². The molecule has 0 radical (unpaired) electrons. The molecular formula is C10H7FO5. The molecule has 1 aromatic rings. The second kappa shape index (κ2) is 3.80. The zero-order valence-corrected chi connectivity index (χ0v) is 8.03. The summed E-state index contributed by atoms with van der Waals surface area (Å²) in [7, 11) is 0. The summed E-state index contributed by atoms with van der Waals surface area (Å²) < 4.78 is 22.6. The molecule has 5 nitrogen and oxygen atoms in total. The number of hydrogen-bond donors (Lipinski definition) is 1. The number of benzene rings is 1. The van der Waals surface area contributed by atoms with Crippen LogP contribution >= 0.6 is 0 Å². The van der Waals surface area contributed by atoms with E-state index < -0.39 is 35.0 Å². The summed E-state index contributed by atoms with van der Waals surface area (Å²) in [4.78, 5) is 22.3. The van der Waals surface area contributed by atoms with Crippen molar-refractivity contribution in [1.29, 1.82) is 0 Å². The Morgan fingerprint density at radius 1 is 1.06 bits per heavy atom. The van der Waals surface area contributed by atoms with Gasteiger partial charge in [-0.1, -0.05) is 0 Å². The molecule has 0 unspecified atom stereocenters. The lowest BCUT2D eigenvalue weighted by atomic mass is 10.2. The van der Waals surface area contributed by atoms with E-state index in [1.54, 1.807) is 0 Å². The molecule has 1 aromatic carbocycles. The Balaban J connectivity index is 2.54. The highest BCUT2D eigenvalue weighted by molar-refractivity contribution is 5.83. The Kier molecular flexibility index (Phi) is 2.47. The molecule has 0 bridgehead atoms. The van der Waals surface area contributed by atoms with Gasteiger partial charge in [-0.25, -0.2) is 4.39 Å². The number of rotatable bonds is 0. The second-order valence-electron chi connectivity index (χ2n) is 3.17. The number of halogens is 1. The van der Waals surface area contributed by atoms with Gasteiger partial charge in [-0.05, 0) is 12.1 Å². The van der Waals surface area contributed by atoms with E-state index >= 15 is 0 Å². The SMILES string of the molecule is O=C1CCC(=O)Oc2c(F)ccc(O)c2O1. The van der Waals surface area contributed by atoms with Gasteiger partial charge in [0.25, 0.3) is 0 Å². The molecular weight excluding hydrogens is 219 g/mol. The van der Waals surface area contributed by atoms with Gasteiger partial charge in [-0.2, -0.15) is 0 Å². The minimum atomic E-state index is -0.879. The lowest BCUT2D eigenvalue weighted by molar-refractivity contribution is -0.142. The first kappa shape index (κ1) is 10.4. The van der Waals surface area contributed by atoms with Crippen LogP contribution in [0.1, 0.15) is 12.8 Å². The van der Waals surface area contributed by atoms with E-state index in [1.807, 2.05) is 0 Å². The topological polar surface area (TPSA) is 72.8 Å². The predicted octanol–water partition coefficient (Wildman–Crippen LogP) is 1.14. The zero-order chi connectivity index (χ0) is 11.7. The van der Waals surface area contributed by atoms with Crippen LogP contribution in [0.4, 0.5) is 4.39 Å². The van der Waals surface area contributed by atoms with E-state index in [2.05, 4.69) is 4.74 Å². The van der Waals surface area contributed by atoms with Crippen molar-refractivity contribution < 1.29 is 28.6 Å². The molecule has 0 atom stereocenters. The highest BCUT2D eigenvalue weighted by atomic mass is 19.1. The van der Waals surface area contributed by atoms with Gasteiger partial charge in [-0.3, -0.25) is 9.59 Å². The predicted molar refractivity (Wildman–Crippen MR) is 48.6 cm³/mol. The molecule has 0 saturated heterocycles. The number of phenolic OH excluding ortho intramolecular Hbond substituents is 1. The van der Waals surface area contributed by atoms with Crippen molar-refractivity contribution in [2.24, 2.45) is 0 Å². The monoisotopic (exact) mass is 226 g/mol. The maximum Gasteiger partial charge on any atom is 0.312 e. The zero-order valence-electron chi connectivity index (χ0n) is 8.03. The van der Waals surface area contributed by atoms with Gasteiger partial charge < -0.3 is 14.6 Å². The first-order valence-corrected chi connectivity index (χ1v) is 4.51. The first-order valence-electron chi connectivity index (χ1n) is 4.51. The number of ether oxygens (including phenoxy) is 2. The lowest BCUT2D eigenvalue weighted by Crippen LogP contribution is -2.19. The summed E-state index contributed by atoms with van der Waals surface area (Å²) in [6, 6.07) is 1.92. The number of phenols is 1. The quantitative estimate of drug-likeness (QED) is 0.530. The van der Waals surface area contributed by atoms with E-state index in [-0.39, 0.29) is 12.8 Å². The fourth-order valence-corrected chi connectivity index (χ4v) is 1.26. The fraction of sp³-hybridized carbons (Fsp3) is 0.200. The summed E-state index contributed by atoms with van der Waals surface area (Å²) in [5, 5.41) is 9.37. The van der Waals surface area contributed by atoms with Crippen molar-refractivity contribution in [3.8, 4) is 17.2 Å². The van der Waals surface area contributed by atoms with Gasteiger partial charge in [0.2, 0.25) is 11.5 Å². The van der Waals surface area contributed by atoms with Crippen molar-refractivity contribution in [3.05, 3.63) is 17.9 Å². The van der Waals surface area contributed by atoms with Gasteiger partial charge in [0, 0.05) is 0 Å². The van der Waals surface area contributed by atoms with E-state index in [0.29, 0.717) is 0 Å². The molecule has 0 saturated carbocycles. The molecule has 1 N–H and O–H groups in total. The number of fused-ring (bicyclic) bond motifs is 1. The third-order valence-electron chi connectivity index (χ3n) is 2.01. The molecule has 0 aromatic heterocycles. The van der Waals surface area contributed by atoms with Gasteiger partial charge in [0.1, 0.15) is 0 Å². The van der Waals surface area contributed by atoms with Crippen LogP contribution in [0.15, 0.2) is 12.1 Å². The van der Waals surface area contributed by atoms with Gasteiger partial charge >= 0.3 is 11.9 Å². The van der Waals surface area contributed by atoms with Crippen LogP contribution in [-0.4, -0.2) is 17.0 Å². The van der Waals surface area contributed by atoms with Crippen LogP contribution in [-0.2, 0) is 9.59 Å². The second-order valence-corrected chi connectivity index (χ2v) is 3.17. The van der Waals surface area contributed by atoms with Crippen LogP contribution in [0.2, 0.25) is 0 Å². The fourth-order valence-electron chi connectivity index (χ4n) is 1.26. The summed E-state index contributed by atoms with van der Waals surface area (Å²) >= 11 is 0. The van der Waals surface area contributed by atoms with Crippen LogP contribution in [0.5, 0.6) is 17.2 Å². The Morgan fingerprint density at radius 2 is 1.62 bits per heavy atom. The summed E-state index contributed by atoms with van der Waals surface area (Å²) in [5.41, 5.74) is 0. The maximum absolute atomic E-state index is 13.3. The minimum Gasteiger partial charge on any atom is -0.504 e. The third-order valence-corrected chi connectivity index (χ3v) is 2.01. The molecule has 0 fully saturated rings. The highest BCUT2D eigenvalue weighted by Gasteiger charge is 2.25. The third kappa shape index (κ3) is 1.81. The Morgan fingerprint density at radius 3 is 2.25 bits per heavy atom. The highest BCUT2D eigenvalue weighted by Crippen LogP contribution is 2.39. The van der Waals surface area contributed by atoms with Crippen molar-refractivity contribution >= 4 is 11.9 Å². The van der Waals surface area contributed by atoms with Crippen LogP contribution in [0, 0.1) is 5.82 Å². The van der Waals surface area contributed by atoms with E-state index in [9.17, 15) is 19.1 Å². The Bertz CT molecular complexity index is 426. The largest absolute Gasteiger partial charge is 0.504 e. The Hall–Kier alpha value is -2.11. The molecule has 0 aliphatic carbocycles. The van der Waals surface area contributed by atoms with Crippen molar-refractivity contribution in [3.63, 3.8) is 0 Å². The first-order chi connectivity index (χ1) is 7.58. The summed E-state index contributed by atoms with van der Waals surface area (Å²) in [6.45, 7) is 0. The molecule has 2 rings (SSSR count). The van der Waals surface area contributed by atoms with Gasteiger partial charge in [0.15, 0.2) is 11.6 Å². The molecule has 1 aliphatic rings. The average Bonchev–Trinajstić information content (AvgIpc) is 2.23. The summed E-state index contributed by atoms with van der Waals surface area (Å²) in [5.74, 6) is -3.83.